The Bertz CT molecular complexity index is 965. The zero-order valence-electron chi connectivity index (χ0n) is 19.3. The first-order valence-corrected chi connectivity index (χ1v) is 12.9. The second-order valence-electron chi connectivity index (χ2n) is 9.78. The molecule has 2 aromatic rings. The molecule has 0 saturated heterocycles. The van der Waals surface area contributed by atoms with Crippen LogP contribution in [0.5, 0.6) is 0 Å². The molecule has 164 valence electrons. The van der Waals surface area contributed by atoms with Crippen LogP contribution in [0.15, 0.2) is 24.8 Å². The maximum atomic E-state index is 10.9. The van der Waals surface area contributed by atoms with Gasteiger partial charge in [-0.3, -0.25) is 0 Å². The van der Waals surface area contributed by atoms with Gasteiger partial charge in [0.25, 0.3) is 0 Å². The van der Waals surface area contributed by atoms with Crippen molar-refractivity contribution in [2.45, 2.75) is 65.2 Å². The van der Waals surface area contributed by atoms with Crippen molar-refractivity contribution in [1.82, 2.24) is 15.3 Å². The van der Waals surface area contributed by atoms with E-state index in [4.69, 9.17) is 19.5 Å². The molecule has 0 fully saturated rings. The number of carbonyl (C=O) groups is 1. The van der Waals surface area contributed by atoms with E-state index in [0.717, 1.165) is 16.8 Å². The Hall–Kier alpha value is -2.61. The van der Waals surface area contributed by atoms with E-state index in [2.05, 4.69) is 51.1 Å². The van der Waals surface area contributed by atoms with Gasteiger partial charge in [0.2, 0.25) is 8.32 Å². The monoisotopic (exact) mass is 430 g/mol. The van der Waals surface area contributed by atoms with Crippen LogP contribution < -0.4 is 10.6 Å². The lowest BCUT2D eigenvalue weighted by Gasteiger charge is -2.37. The minimum atomic E-state index is -2.05. The molecule has 3 N–H and O–H groups in total. The number of fused-ring (bicyclic) bond motifs is 1. The maximum absolute atomic E-state index is 10.9. The molecule has 1 amide bonds. The van der Waals surface area contributed by atoms with Crippen LogP contribution in [-0.2, 0) is 4.43 Å². The summed E-state index contributed by atoms with van der Waals surface area (Å²) in [5.74, 6) is 1.20. The van der Waals surface area contributed by atoms with Crippen molar-refractivity contribution in [3.8, 4) is 0 Å². The molecule has 8 heteroatoms. The smallest absolute Gasteiger partial charge is 0.404 e. The van der Waals surface area contributed by atoms with Crippen LogP contribution in [-0.4, -0.2) is 41.6 Å². The van der Waals surface area contributed by atoms with Gasteiger partial charge in [-0.15, -0.1) is 0 Å². The number of carboxylic acid groups (broad SMARTS) is 1. The highest BCUT2D eigenvalue weighted by Crippen LogP contribution is 2.39. The topological polar surface area (TPSA) is 96.4 Å². The number of aromatic nitrogens is 2. The van der Waals surface area contributed by atoms with Gasteiger partial charge in [-0.2, -0.15) is 0 Å². The minimum absolute atomic E-state index is 0.0523. The van der Waals surface area contributed by atoms with Gasteiger partial charge in [0.05, 0.1) is 16.7 Å². The summed E-state index contributed by atoms with van der Waals surface area (Å²) in [7, 11) is -2.05. The van der Waals surface area contributed by atoms with Gasteiger partial charge in [0.15, 0.2) is 0 Å². The van der Waals surface area contributed by atoms with Crippen molar-refractivity contribution in [2.75, 3.05) is 11.9 Å². The molecule has 1 aromatic carbocycles. The summed E-state index contributed by atoms with van der Waals surface area (Å²) in [6, 6.07) is 5.79. The summed E-state index contributed by atoms with van der Waals surface area (Å²) in [5.41, 5.74) is 2.47. The molecule has 0 spiro atoms. The zero-order valence-corrected chi connectivity index (χ0v) is 20.3. The quantitative estimate of drug-likeness (QED) is 0.403. The number of hydrogen-bond acceptors (Lipinski definition) is 5. The Kier molecular flexibility index (Phi) is 6.51. The summed E-state index contributed by atoms with van der Waals surface area (Å²) in [5, 5.41) is 14.7. The van der Waals surface area contributed by atoms with E-state index in [1.165, 1.54) is 0 Å². The fourth-order valence-corrected chi connectivity index (χ4v) is 3.72. The molecule has 0 aliphatic heterocycles. The number of amides is 1. The Labute approximate surface area is 180 Å². The molecular weight excluding hydrogens is 396 g/mol. The first-order chi connectivity index (χ1) is 13.6. The van der Waals surface area contributed by atoms with Crippen LogP contribution in [0.25, 0.3) is 16.8 Å². The first kappa shape index (κ1) is 23.7. The van der Waals surface area contributed by atoms with Crippen molar-refractivity contribution in [3.05, 3.63) is 36.0 Å². The highest BCUT2D eigenvalue weighted by Gasteiger charge is 2.39. The normalized spacial score (nSPS) is 12.5. The Morgan fingerprint density at radius 2 is 1.83 bits per heavy atom. The number of anilines is 1. The minimum Gasteiger partial charge on any atom is -0.543 e. The first-order valence-electron chi connectivity index (χ1n) is 10.0. The number of benzene rings is 1. The van der Waals surface area contributed by atoms with Gasteiger partial charge in [-0.1, -0.05) is 33.4 Å². The number of rotatable bonds is 7. The summed E-state index contributed by atoms with van der Waals surface area (Å²) in [6.07, 6.45) is -1.06. The van der Waals surface area contributed by atoms with Crippen molar-refractivity contribution in [3.63, 3.8) is 0 Å². The Morgan fingerprint density at radius 1 is 1.20 bits per heavy atom. The van der Waals surface area contributed by atoms with Crippen LogP contribution in [0, 0.1) is 6.92 Å². The lowest BCUT2D eigenvalue weighted by Crippen LogP contribution is -2.44. The van der Waals surface area contributed by atoms with E-state index in [9.17, 15) is 4.79 Å². The van der Waals surface area contributed by atoms with Crippen molar-refractivity contribution < 1.29 is 14.3 Å². The molecule has 1 aromatic heterocycles. The molecule has 0 unspecified atom stereocenters. The van der Waals surface area contributed by atoms with Crippen LogP contribution in [0.3, 0.4) is 0 Å². The molecule has 0 atom stereocenters. The summed E-state index contributed by atoms with van der Waals surface area (Å²) >= 11 is 0. The standard InChI is InChI=1S/C22H34N4O3Si/c1-14-19(26-22(6,7)13-23-20(27)28)25-18-16(11-10-12-17(18)24-14)15(2)29-30(8,9)21(3,4)5/h10-12,23H,2,13H2,1,3-9H3,(H,25,26)(H,27,28). The SMILES string of the molecule is C=C(O[Si](C)(C)C(C)(C)C)c1cccc2nc(C)c(NC(C)(C)CNC(=O)O)nc12. The third kappa shape index (κ3) is 5.50. The Balaban J connectivity index is 2.43. The van der Waals surface area contributed by atoms with E-state index in [1.54, 1.807) is 0 Å². The average Bonchev–Trinajstić information content (AvgIpc) is 2.58. The molecule has 0 aliphatic carbocycles. The van der Waals surface area contributed by atoms with Gasteiger partial charge in [-0.25, -0.2) is 14.8 Å². The molecule has 0 saturated carbocycles. The molecular formula is C22H34N4O3Si. The van der Waals surface area contributed by atoms with Crippen LogP contribution >= 0.6 is 0 Å². The molecule has 1 heterocycles. The Morgan fingerprint density at radius 3 is 2.40 bits per heavy atom. The lowest BCUT2D eigenvalue weighted by atomic mass is 10.1. The predicted octanol–water partition coefficient (Wildman–Crippen LogP) is 5.39. The average molecular weight is 431 g/mol. The van der Waals surface area contributed by atoms with Crippen molar-refractivity contribution in [1.29, 1.82) is 0 Å². The second-order valence-corrected chi connectivity index (χ2v) is 14.5. The third-order valence-electron chi connectivity index (χ3n) is 5.49. The van der Waals surface area contributed by atoms with Gasteiger partial charge < -0.3 is 20.2 Å². The van der Waals surface area contributed by atoms with Gasteiger partial charge in [0.1, 0.15) is 17.1 Å². The highest BCUT2D eigenvalue weighted by atomic mass is 28.4. The second kappa shape index (κ2) is 8.26. The largest absolute Gasteiger partial charge is 0.543 e. The fraction of sp³-hybridized carbons (Fsp3) is 0.500. The summed E-state index contributed by atoms with van der Waals surface area (Å²) < 4.78 is 6.41. The predicted molar refractivity (Wildman–Crippen MR) is 125 cm³/mol. The van der Waals surface area contributed by atoms with Crippen LogP contribution in [0.2, 0.25) is 18.1 Å². The van der Waals surface area contributed by atoms with E-state index >= 15 is 0 Å². The van der Waals surface area contributed by atoms with Crippen molar-refractivity contribution in [2.24, 2.45) is 0 Å². The highest BCUT2D eigenvalue weighted by molar-refractivity contribution is 6.74. The molecule has 2 rings (SSSR count). The molecule has 7 nitrogen and oxygen atoms in total. The van der Waals surface area contributed by atoms with Gasteiger partial charge >= 0.3 is 6.09 Å². The van der Waals surface area contributed by atoms with Gasteiger partial charge in [0, 0.05) is 12.1 Å². The van der Waals surface area contributed by atoms with E-state index in [-0.39, 0.29) is 11.6 Å². The zero-order chi connectivity index (χ0) is 22.9. The number of hydrogen-bond donors (Lipinski definition) is 3. The number of nitrogens with zero attached hydrogens (tertiary/aromatic N) is 2. The number of para-hydroxylation sites is 1. The molecule has 0 aliphatic rings. The maximum Gasteiger partial charge on any atom is 0.404 e. The van der Waals surface area contributed by atoms with E-state index in [1.807, 2.05) is 39.0 Å². The molecule has 0 bridgehead atoms. The van der Waals surface area contributed by atoms with Gasteiger partial charge in [-0.05, 0) is 51.0 Å². The summed E-state index contributed by atoms with van der Waals surface area (Å²) in [4.78, 5) is 20.4. The van der Waals surface area contributed by atoms with Crippen molar-refractivity contribution >= 4 is 37.0 Å². The lowest BCUT2D eigenvalue weighted by molar-refractivity contribution is 0.192. The number of aryl methyl sites for hydroxylation is 1. The molecule has 30 heavy (non-hydrogen) atoms. The van der Waals surface area contributed by atoms with Crippen LogP contribution in [0.4, 0.5) is 10.6 Å². The molecule has 0 radical (unpaired) electrons. The fourth-order valence-electron chi connectivity index (χ4n) is 2.69. The number of nitrogens with one attached hydrogen (secondary N) is 2. The summed E-state index contributed by atoms with van der Waals surface area (Å²) in [6.45, 7) is 21.0. The third-order valence-corrected chi connectivity index (χ3v) is 9.86. The van der Waals surface area contributed by atoms with Crippen LogP contribution in [0.1, 0.15) is 45.9 Å². The van der Waals surface area contributed by atoms with E-state index < -0.39 is 19.9 Å². The van der Waals surface area contributed by atoms with E-state index in [0.29, 0.717) is 17.1 Å².